The molecule has 4 aliphatic heterocycles. The Kier molecular flexibility index (Phi) is 8.81. The second kappa shape index (κ2) is 12.5. The molecule has 6 heterocycles. The van der Waals surface area contributed by atoms with Crippen molar-refractivity contribution in [3.05, 3.63) is 48.5 Å². The smallest absolute Gasteiger partial charge is 0.287 e. The molecule has 1 amide bonds. The van der Waals surface area contributed by atoms with Gasteiger partial charge in [-0.3, -0.25) is 9.36 Å². The molecule has 0 aliphatic carbocycles. The number of aromatic nitrogens is 4. The molecule has 0 radical (unpaired) electrons. The van der Waals surface area contributed by atoms with Gasteiger partial charge in [0.1, 0.15) is 43.6 Å². The lowest BCUT2D eigenvalue weighted by atomic mass is 10.1. The monoisotopic (exact) mass is 693 g/mol. The fourth-order valence-electron chi connectivity index (χ4n) is 6.11. The van der Waals surface area contributed by atoms with Crippen molar-refractivity contribution in [1.29, 1.82) is 0 Å². The molecule has 0 spiro atoms. The van der Waals surface area contributed by atoms with Gasteiger partial charge in [0.25, 0.3) is 13.1 Å². The van der Waals surface area contributed by atoms with Crippen LogP contribution in [0.15, 0.2) is 43.0 Å². The van der Waals surface area contributed by atoms with Gasteiger partial charge < -0.3 is 51.1 Å². The molecule has 1 aromatic carbocycles. The van der Waals surface area contributed by atoms with E-state index in [9.17, 15) is 14.8 Å². The van der Waals surface area contributed by atoms with Crippen molar-refractivity contribution < 1.29 is 52.3 Å². The van der Waals surface area contributed by atoms with Gasteiger partial charge in [-0.15, -0.1) is 0 Å². The summed E-state index contributed by atoms with van der Waals surface area (Å²) in [6.45, 7) is 7.03. The van der Waals surface area contributed by atoms with Crippen molar-refractivity contribution in [3.8, 4) is 0 Å². The standard InChI is InChI=1S/C29H36N5O11PS/c1-28(2)38-11-18(42-28)21-22(23-27(41-21)44-29(3,4)43-23)45-46(37,47)39-12-17-16(35)10-19(40-17)34-14-32-20-24(30-13-31-25(20)34)33-26(36)15-8-6-5-7-9-15/h5-9,13-14,16-19,21-23,27,35H,10-12H2,1-4H3,(H,37,47)(H,30,31,33,36)/t16-,17+,18+,19+,21+,22-,23+,27+,46?/m0/s1. The van der Waals surface area contributed by atoms with Crippen molar-refractivity contribution >= 4 is 42.3 Å². The molecule has 0 bridgehead atoms. The van der Waals surface area contributed by atoms with Gasteiger partial charge in [0.15, 0.2) is 40.9 Å². The Morgan fingerprint density at radius 2 is 1.87 bits per heavy atom. The average molecular weight is 694 g/mol. The van der Waals surface area contributed by atoms with E-state index in [1.54, 1.807) is 56.5 Å². The maximum Gasteiger partial charge on any atom is 0.287 e. The molecular formula is C29H36N5O11PS. The van der Waals surface area contributed by atoms with E-state index < -0.39 is 67.9 Å². The summed E-state index contributed by atoms with van der Waals surface area (Å²) in [5.41, 5.74) is 1.20. The summed E-state index contributed by atoms with van der Waals surface area (Å²) in [4.78, 5) is 36.8. The van der Waals surface area contributed by atoms with Gasteiger partial charge in [-0.1, -0.05) is 18.2 Å². The Labute approximate surface area is 275 Å². The minimum Gasteiger partial charge on any atom is -0.459 e. The zero-order chi connectivity index (χ0) is 33.1. The maximum absolute atomic E-state index is 12.7. The molecule has 47 heavy (non-hydrogen) atoms. The van der Waals surface area contributed by atoms with Crippen LogP contribution in [0.3, 0.4) is 0 Å². The Morgan fingerprint density at radius 3 is 2.62 bits per heavy atom. The van der Waals surface area contributed by atoms with Gasteiger partial charge in [0.05, 0.1) is 19.0 Å². The highest BCUT2D eigenvalue weighted by Crippen LogP contribution is 2.59. The molecule has 3 aromatic rings. The minimum atomic E-state index is -3.94. The second-order valence-corrected chi connectivity index (χ2v) is 15.4. The fraction of sp³-hybridized carbons (Fsp3) is 0.586. The molecule has 2 aromatic heterocycles. The van der Waals surface area contributed by atoms with E-state index in [1.807, 2.05) is 6.07 Å². The lowest BCUT2D eigenvalue weighted by Gasteiger charge is -2.32. The van der Waals surface area contributed by atoms with Crippen molar-refractivity contribution in [2.75, 3.05) is 18.5 Å². The minimum absolute atomic E-state index is 0.168. The number of ether oxygens (including phenoxy) is 6. The summed E-state index contributed by atoms with van der Waals surface area (Å²) in [6.07, 6.45) is -3.19. The zero-order valence-electron chi connectivity index (χ0n) is 26.0. The van der Waals surface area contributed by atoms with E-state index in [0.717, 1.165) is 0 Å². The molecule has 9 atom stereocenters. The van der Waals surface area contributed by atoms with Crippen LogP contribution < -0.4 is 5.32 Å². The Morgan fingerprint density at radius 1 is 1.09 bits per heavy atom. The number of rotatable bonds is 9. The Balaban J connectivity index is 1.00. The van der Waals surface area contributed by atoms with Crippen LogP contribution in [-0.2, 0) is 49.7 Å². The van der Waals surface area contributed by atoms with Crippen LogP contribution in [-0.4, -0.2) is 103 Å². The number of benzene rings is 1. The van der Waals surface area contributed by atoms with Crippen molar-refractivity contribution in [1.82, 2.24) is 19.5 Å². The first kappa shape index (κ1) is 33.1. The van der Waals surface area contributed by atoms with Crippen LogP contribution in [0.1, 0.15) is 50.7 Å². The van der Waals surface area contributed by atoms with Crippen LogP contribution >= 0.6 is 7.15 Å². The number of nitrogens with one attached hydrogen (secondary N) is 1. The van der Waals surface area contributed by atoms with Crippen molar-refractivity contribution in [3.63, 3.8) is 0 Å². The number of fused-ring (bicyclic) bond motifs is 2. The third kappa shape index (κ3) is 6.90. The first-order chi connectivity index (χ1) is 22.3. The quantitative estimate of drug-likeness (QED) is 0.219. The van der Waals surface area contributed by atoms with Gasteiger partial charge >= 0.3 is 0 Å². The molecule has 3 N–H and O–H groups in total. The van der Waals surface area contributed by atoms with E-state index in [1.165, 1.54) is 12.7 Å². The van der Waals surface area contributed by atoms with Gasteiger partial charge in [-0.05, 0) is 39.8 Å². The molecule has 1 unspecified atom stereocenters. The number of nitrogens with zero attached hydrogens (tertiary/aromatic N) is 4. The summed E-state index contributed by atoms with van der Waals surface area (Å²) >= 11 is 5.39. The van der Waals surface area contributed by atoms with Gasteiger partial charge in [-0.2, -0.15) is 9.05 Å². The lowest BCUT2D eigenvalue weighted by Crippen LogP contribution is -2.44. The predicted octanol–water partition coefficient (Wildman–Crippen LogP) is 2.37. The number of hydrogen-bond donors (Lipinski definition) is 3. The molecule has 254 valence electrons. The summed E-state index contributed by atoms with van der Waals surface area (Å²) in [7, 11) is -3.94. The number of carbonyl (C=O) groups excluding carboxylic acids is 1. The van der Waals surface area contributed by atoms with E-state index in [0.29, 0.717) is 16.7 Å². The van der Waals surface area contributed by atoms with E-state index in [2.05, 4.69) is 20.3 Å². The number of anilines is 1. The van der Waals surface area contributed by atoms with E-state index >= 15 is 0 Å². The topological polar surface area (TPSA) is 187 Å². The van der Waals surface area contributed by atoms with Crippen LogP contribution in [0.4, 0.5) is 5.82 Å². The Hall–Kier alpha value is -2.38. The average Bonchev–Trinajstić information content (AvgIpc) is 3.82. The van der Waals surface area contributed by atoms with Crippen LogP contribution in [0.2, 0.25) is 0 Å². The second-order valence-electron chi connectivity index (χ2n) is 12.6. The molecule has 18 heteroatoms. The number of carbonyl (C=O) groups is 1. The van der Waals surface area contributed by atoms with E-state index in [-0.39, 0.29) is 31.4 Å². The normalized spacial score (nSPS) is 34.0. The number of aliphatic hydroxyl groups is 1. The maximum atomic E-state index is 12.7. The van der Waals surface area contributed by atoms with Gasteiger partial charge in [0.2, 0.25) is 0 Å². The Bertz CT molecular complexity index is 1610. The molecule has 16 nitrogen and oxygen atoms in total. The molecule has 0 saturated carbocycles. The fourth-order valence-corrected chi connectivity index (χ4v) is 7.54. The molecule has 4 saturated heterocycles. The summed E-state index contributed by atoms with van der Waals surface area (Å²) < 4.78 is 49.2. The highest BCUT2D eigenvalue weighted by atomic mass is 32.7. The summed E-state index contributed by atoms with van der Waals surface area (Å²) in [5, 5.41) is 13.6. The molecule has 4 fully saturated rings. The first-order valence-corrected chi connectivity index (χ1v) is 17.7. The number of imidazole rings is 1. The van der Waals surface area contributed by atoms with Crippen molar-refractivity contribution in [2.45, 2.75) is 94.8 Å². The number of hydrogen-bond acceptors (Lipinski definition) is 15. The lowest BCUT2D eigenvalue weighted by molar-refractivity contribution is -0.231. The third-order valence-corrected chi connectivity index (χ3v) is 9.78. The third-order valence-electron chi connectivity index (χ3n) is 8.22. The number of aliphatic hydroxyl groups excluding tert-OH is 1. The van der Waals surface area contributed by atoms with E-state index in [4.69, 9.17) is 49.7 Å². The van der Waals surface area contributed by atoms with Crippen LogP contribution in [0.25, 0.3) is 11.2 Å². The van der Waals surface area contributed by atoms with Crippen LogP contribution in [0.5, 0.6) is 0 Å². The first-order valence-electron chi connectivity index (χ1n) is 15.1. The molecule has 7 rings (SSSR count). The molecular weight excluding hydrogens is 657 g/mol. The highest BCUT2D eigenvalue weighted by molar-refractivity contribution is 8.35. The van der Waals surface area contributed by atoms with Crippen molar-refractivity contribution in [2.24, 2.45) is 0 Å². The summed E-state index contributed by atoms with van der Waals surface area (Å²) in [6, 6.07) is 8.72. The predicted molar refractivity (Wildman–Crippen MR) is 165 cm³/mol. The number of amides is 1. The van der Waals surface area contributed by atoms with Gasteiger partial charge in [-0.25, -0.2) is 19.8 Å². The molecule has 4 aliphatic rings. The zero-order valence-corrected chi connectivity index (χ0v) is 27.7. The SMILES string of the molecule is CC1(C)O[C@H]2O[C@H]([C@H]3COC(C)(C)O3)[C@H](O[P+](O)([S-])OC[C@H]3O[C@@H](n4cnc5c(NC(=O)c6ccccc6)ncnc54)C[C@@H]3O)[C@H]2O1. The summed E-state index contributed by atoms with van der Waals surface area (Å²) in [5.74, 6) is -1.89. The largest absolute Gasteiger partial charge is 0.459 e. The van der Waals surface area contributed by atoms with Crippen LogP contribution in [0, 0.1) is 0 Å². The van der Waals surface area contributed by atoms with Gasteiger partial charge in [0, 0.05) is 12.0 Å². The highest BCUT2D eigenvalue weighted by Gasteiger charge is 2.61.